The van der Waals surface area contributed by atoms with Crippen molar-refractivity contribution in [3.05, 3.63) is 47.0 Å². The van der Waals surface area contributed by atoms with Crippen molar-refractivity contribution in [3.63, 3.8) is 0 Å². The van der Waals surface area contributed by atoms with Crippen LogP contribution >= 0.6 is 0 Å². The molecule has 0 amide bonds. The van der Waals surface area contributed by atoms with Crippen molar-refractivity contribution in [2.75, 3.05) is 0 Å². The summed E-state index contributed by atoms with van der Waals surface area (Å²) in [4.78, 5) is 0. The zero-order chi connectivity index (χ0) is 11.0. The van der Waals surface area contributed by atoms with Crippen LogP contribution in [0.25, 0.3) is 0 Å². The predicted octanol–water partition coefficient (Wildman–Crippen LogP) is 3.15. The number of nitrogens with two attached hydrogens (primary N) is 1. The van der Waals surface area contributed by atoms with Crippen molar-refractivity contribution in [1.29, 1.82) is 0 Å². The van der Waals surface area contributed by atoms with Gasteiger partial charge in [0, 0.05) is 12.0 Å². The van der Waals surface area contributed by atoms with Crippen LogP contribution in [0.4, 0.5) is 0 Å². The minimum atomic E-state index is 0.450. The van der Waals surface area contributed by atoms with Gasteiger partial charge >= 0.3 is 0 Å². The standard InChI is InChI=1S/C15H19N/c16-14-7-5-11(6-8-14)9-13-10-12-3-1-2-4-15(12)13/h1-4,9,13-14H,5-8,10,16H2. The van der Waals surface area contributed by atoms with Gasteiger partial charge in [-0.05, 0) is 43.2 Å². The number of allylic oxidation sites excluding steroid dienone is 2. The second kappa shape index (κ2) is 4.06. The maximum absolute atomic E-state index is 5.92. The Labute approximate surface area is 97.4 Å². The lowest BCUT2D eigenvalue weighted by molar-refractivity contribution is 0.507. The summed E-state index contributed by atoms with van der Waals surface area (Å²) in [6, 6.07) is 9.27. The molecule has 84 valence electrons. The van der Waals surface area contributed by atoms with Gasteiger partial charge < -0.3 is 5.73 Å². The molecule has 16 heavy (non-hydrogen) atoms. The second-order valence-electron chi connectivity index (χ2n) is 5.17. The van der Waals surface area contributed by atoms with Crippen molar-refractivity contribution in [2.24, 2.45) is 5.73 Å². The summed E-state index contributed by atoms with van der Waals surface area (Å²) >= 11 is 0. The van der Waals surface area contributed by atoms with Crippen LogP contribution < -0.4 is 5.73 Å². The summed E-state index contributed by atoms with van der Waals surface area (Å²) in [6.45, 7) is 0. The van der Waals surface area contributed by atoms with E-state index in [2.05, 4.69) is 30.3 Å². The van der Waals surface area contributed by atoms with Crippen LogP contribution in [0, 0.1) is 0 Å². The van der Waals surface area contributed by atoms with E-state index in [4.69, 9.17) is 5.73 Å². The van der Waals surface area contributed by atoms with Crippen LogP contribution in [-0.2, 0) is 6.42 Å². The lowest BCUT2D eigenvalue weighted by Crippen LogP contribution is -2.24. The smallest absolute Gasteiger partial charge is 0.00638 e. The SMILES string of the molecule is NC1CCC(=CC2Cc3ccccc32)CC1. The molecule has 3 rings (SSSR count). The largest absolute Gasteiger partial charge is 0.328 e. The van der Waals surface area contributed by atoms with Crippen LogP contribution in [0.2, 0.25) is 0 Å². The van der Waals surface area contributed by atoms with E-state index >= 15 is 0 Å². The molecule has 1 nitrogen and oxygen atoms in total. The number of fused-ring (bicyclic) bond motifs is 1. The Kier molecular flexibility index (Phi) is 2.56. The van der Waals surface area contributed by atoms with Crippen LogP contribution in [0.15, 0.2) is 35.9 Å². The Morgan fingerprint density at radius 2 is 1.88 bits per heavy atom. The first kappa shape index (κ1) is 10.1. The molecular formula is C15H19N. The molecule has 1 saturated carbocycles. The monoisotopic (exact) mass is 213 g/mol. The van der Waals surface area contributed by atoms with E-state index in [0.29, 0.717) is 12.0 Å². The Balaban J connectivity index is 1.71. The number of hydrogen-bond donors (Lipinski definition) is 1. The molecule has 0 saturated heterocycles. The fourth-order valence-corrected chi connectivity index (χ4v) is 2.91. The zero-order valence-corrected chi connectivity index (χ0v) is 9.65. The molecule has 1 aromatic carbocycles. The van der Waals surface area contributed by atoms with Gasteiger partial charge in [-0.25, -0.2) is 0 Å². The summed E-state index contributed by atoms with van der Waals surface area (Å²) in [5.41, 5.74) is 10.6. The topological polar surface area (TPSA) is 26.0 Å². The predicted molar refractivity (Wildman–Crippen MR) is 67.4 cm³/mol. The molecule has 1 fully saturated rings. The third kappa shape index (κ3) is 1.80. The van der Waals surface area contributed by atoms with Crippen LogP contribution in [0.1, 0.15) is 42.7 Å². The molecular weight excluding hydrogens is 194 g/mol. The van der Waals surface area contributed by atoms with Crippen molar-refractivity contribution in [3.8, 4) is 0 Å². The van der Waals surface area contributed by atoms with Crippen LogP contribution in [0.5, 0.6) is 0 Å². The highest BCUT2D eigenvalue weighted by molar-refractivity contribution is 5.43. The van der Waals surface area contributed by atoms with Gasteiger partial charge in [0.1, 0.15) is 0 Å². The summed E-state index contributed by atoms with van der Waals surface area (Å²) in [6.07, 6.45) is 8.56. The molecule has 0 aliphatic heterocycles. The minimum Gasteiger partial charge on any atom is -0.328 e. The Morgan fingerprint density at radius 3 is 2.62 bits per heavy atom. The highest BCUT2D eigenvalue weighted by Crippen LogP contribution is 2.38. The summed E-state index contributed by atoms with van der Waals surface area (Å²) < 4.78 is 0. The van der Waals surface area contributed by atoms with Crippen molar-refractivity contribution in [1.82, 2.24) is 0 Å². The van der Waals surface area contributed by atoms with Crippen LogP contribution in [0.3, 0.4) is 0 Å². The normalized spacial score (nSPS) is 28.2. The fraction of sp³-hybridized carbons (Fsp3) is 0.467. The van der Waals surface area contributed by atoms with Gasteiger partial charge in [0.2, 0.25) is 0 Å². The van der Waals surface area contributed by atoms with E-state index < -0.39 is 0 Å². The highest BCUT2D eigenvalue weighted by atomic mass is 14.6. The molecule has 0 aromatic heterocycles. The Hall–Kier alpha value is -1.08. The van der Waals surface area contributed by atoms with Gasteiger partial charge in [0.25, 0.3) is 0 Å². The summed E-state index contributed by atoms with van der Waals surface area (Å²) in [5, 5.41) is 0. The van der Waals surface area contributed by atoms with E-state index in [-0.39, 0.29) is 0 Å². The fourth-order valence-electron chi connectivity index (χ4n) is 2.91. The number of benzene rings is 1. The molecule has 1 heteroatoms. The van der Waals surface area contributed by atoms with E-state index in [9.17, 15) is 0 Å². The average molecular weight is 213 g/mol. The maximum atomic E-state index is 5.92. The van der Waals surface area contributed by atoms with E-state index in [1.165, 1.54) is 37.7 Å². The summed E-state index contributed by atoms with van der Waals surface area (Å²) in [5.74, 6) is 0.695. The Morgan fingerprint density at radius 1 is 1.12 bits per heavy atom. The van der Waals surface area contributed by atoms with Gasteiger partial charge in [-0.1, -0.05) is 35.9 Å². The molecule has 1 atom stereocenters. The molecule has 0 bridgehead atoms. The van der Waals surface area contributed by atoms with Gasteiger partial charge in [-0.15, -0.1) is 0 Å². The number of rotatable bonds is 1. The molecule has 1 unspecified atom stereocenters. The van der Waals surface area contributed by atoms with Crippen molar-refractivity contribution < 1.29 is 0 Å². The molecule has 1 aromatic rings. The highest BCUT2D eigenvalue weighted by Gasteiger charge is 2.24. The molecule has 0 radical (unpaired) electrons. The Bertz CT molecular complexity index is 409. The molecule has 0 spiro atoms. The van der Waals surface area contributed by atoms with E-state index in [1.807, 2.05) is 0 Å². The van der Waals surface area contributed by atoms with Gasteiger partial charge in [-0.2, -0.15) is 0 Å². The van der Waals surface area contributed by atoms with Crippen molar-refractivity contribution >= 4 is 0 Å². The first-order valence-electron chi connectivity index (χ1n) is 6.36. The minimum absolute atomic E-state index is 0.450. The molecule has 2 N–H and O–H groups in total. The molecule has 0 heterocycles. The third-order valence-corrected chi connectivity index (χ3v) is 4.00. The third-order valence-electron chi connectivity index (χ3n) is 4.00. The summed E-state index contributed by atoms with van der Waals surface area (Å²) in [7, 11) is 0. The number of hydrogen-bond acceptors (Lipinski definition) is 1. The van der Waals surface area contributed by atoms with Gasteiger partial charge in [-0.3, -0.25) is 0 Å². The first-order chi connectivity index (χ1) is 7.83. The lowest BCUT2D eigenvalue weighted by Gasteiger charge is -2.30. The van der Waals surface area contributed by atoms with Gasteiger partial charge in [0.15, 0.2) is 0 Å². The lowest BCUT2D eigenvalue weighted by atomic mass is 9.75. The average Bonchev–Trinajstić information content (AvgIpc) is 2.28. The van der Waals surface area contributed by atoms with Crippen molar-refractivity contribution in [2.45, 2.75) is 44.1 Å². The van der Waals surface area contributed by atoms with E-state index in [0.717, 1.165) is 0 Å². The van der Waals surface area contributed by atoms with E-state index in [1.54, 1.807) is 11.1 Å². The second-order valence-corrected chi connectivity index (χ2v) is 5.17. The van der Waals surface area contributed by atoms with Crippen LogP contribution in [-0.4, -0.2) is 6.04 Å². The quantitative estimate of drug-likeness (QED) is 0.712. The zero-order valence-electron chi connectivity index (χ0n) is 9.65. The maximum Gasteiger partial charge on any atom is 0.00638 e. The first-order valence-corrected chi connectivity index (χ1v) is 6.36. The molecule has 2 aliphatic rings. The van der Waals surface area contributed by atoms with Gasteiger partial charge in [0.05, 0.1) is 0 Å². The molecule has 2 aliphatic carbocycles.